The molecule has 0 atom stereocenters. The number of thiophene rings is 1. The number of halogens is 1. The number of methoxy groups -OCH3 is 1. The van der Waals surface area contributed by atoms with E-state index in [9.17, 15) is 13.2 Å². The van der Waals surface area contributed by atoms with Gasteiger partial charge in [0.2, 0.25) is 0 Å². The lowest BCUT2D eigenvalue weighted by molar-refractivity contribution is 0.0606. The fourth-order valence-electron chi connectivity index (χ4n) is 2.38. The van der Waals surface area contributed by atoms with Gasteiger partial charge >= 0.3 is 5.97 Å². The Bertz CT molecular complexity index is 1090. The van der Waals surface area contributed by atoms with Crippen molar-refractivity contribution in [1.29, 1.82) is 0 Å². The van der Waals surface area contributed by atoms with E-state index >= 15 is 0 Å². The lowest BCUT2D eigenvalue weighted by Gasteiger charge is -2.11. The largest absolute Gasteiger partial charge is 0.465 e. The molecule has 1 aromatic heterocycles. The Morgan fingerprint density at radius 1 is 1.19 bits per heavy atom. The van der Waals surface area contributed by atoms with Crippen LogP contribution in [0, 0.1) is 0 Å². The second kappa shape index (κ2) is 7.48. The highest BCUT2D eigenvalue weighted by atomic mass is 35.5. The number of sulfonamides is 1. The minimum Gasteiger partial charge on any atom is -0.465 e. The summed E-state index contributed by atoms with van der Waals surface area (Å²) in [5, 5.41) is 1.10. The monoisotopic (exact) mass is 427 g/mol. The molecule has 0 bridgehead atoms. The fourth-order valence-corrected chi connectivity index (χ4v) is 5.78. The van der Waals surface area contributed by atoms with Crippen LogP contribution in [0.15, 0.2) is 52.3 Å². The summed E-state index contributed by atoms with van der Waals surface area (Å²) in [5.74, 6) is -0.420. The number of benzene rings is 2. The van der Waals surface area contributed by atoms with Gasteiger partial charge in [-0.3, -0.25) is 4.72 Å². The molecule has 0 radical (unpaired) electrons. The highest BCUT2D eigenvalue weighted by Gasteiger charge is 2.20. The first-order valence-corrected chi connectivity index (χ1v) is 11.2. The molecule has 1 N–H and O–H groups in total. The van der Waals surface area contributed by atoms with Crippen LogP contribution >= 0.6 is 34.7 Å². The maximum atomic E-state index is 12.8. The van der Waals surface area contributed by atoms with Gasteiger partial charge in [-0.2, -0.15) is 0 Å². The van der Waals surface area contributed by atoms with Gasteiger partial charge in [0.15, 0.2) is 0 Å². The summed E-state index contributed by atoms with van der Waals surface area (Å²) in [6.07, 6.45) is 1.80. The van der Waals surface area contributed by atoms with E-state index in [1.165, 1.54) is 36.3 Å². The number of carbonyl (C=O) groups excluding carboxylic acids is 1. The molecule has 3 rings (SSSR count). The van der Waals surface area contributed by atoms with Gasteiger partial charge in [-0.05, 0) is 54.1 Å². The predicted octanol–water partition coefficient (Wildman–Crippen LogP) is 4.86. The Balaban J connectivity index is 1.97. The van der Waals surface area contributed by atoms with Crippen molar-refractivity contribution < 1.29 is 17.9 Å². The van der Waals surface area contributed by atoms with Crippen molar-refractivity contribution >= 4 is 66.5 Å². The molecule has 0 aliphatic rings. The number of esters is 1. The second-order valence-corrected chi connectivity index (χ2v) is 9.27. The van der Waals surface area contributed by atoms with Gasteiger partial charge in [0.1, 0.15) is 9.77 Å². The Labute approximate surface area is 164 Å². The Kier molecular flexibility index (Phi) is 5.47. The van der Waals surface area contributed by atoms with Crippen LogP contribution in [0.2, 0.25) is 5.02 Å². The van der Waals surface area contributed by atoms with Gasteiger partial charge in [-0.1, -0.05) is 11.6 Å². The first-order chi connectivity index (χ1) is 12.3. The molecule has 9 heteroatoms. The van der Waals surface area contributed by atoms with Crippen molar-refractivity contribution in [1.82, 2.24) is 0 Å². The van der Waals surface area contributed by atoms with E-state index in [0.29, 0.717) is 20.5 Å². The van der Waals surface area contributed by atoms with Crippen LogP contribution in [0.5, 0.6) is 0 Å². The lowest BCUT2D eigenvalue weighted by atomic mass is 10.2. The van der Waals surface area contributed by atoms with Gasteiger partial charge in [0.05, 0.1) is 7.11 Å². The number of hydrogen-bond acceptors (Lipinski definition) is 6. The van der Waals surface area contributed by atoms with Gasteiger partial charge in [-0.15, -0.1) is 23.1 Å². The molecule has 0 saturated carbocycles. The molecule has 1 heterocycles. The number of fused-ring (bicyclic) bond motifs is 1. The molecule has 3 aromatic rings. The van der Waals surface area contributed by atoms with Crippen molar-refractivity contribution in [3.05, 3.63) is 52.4 Å². The summed E-state index contributed by atoms with van der Waals surface area (Å²) in [7, 11) is -2.48. The standard InChI is InChI=1S/C17H14ClNO4S3/c1-23-17(20)15-8-10-7-12(4-6-13(10)25-15)19-26(21,22)16-9-11(18)3-5-14(16)24-2/h3-9,19H,1-2H3. The Hall–Kier alpha value is -1.74. The number of anilines is 1. The van der Waals surface area contributed by atoms with E-state index in [1.54, 1.807) is 42.7 Å². The normalized spacial score (nSPS) is 11.5. The molecule has 0 amide bonds. The topological polar surface area (TPSA) is 72.5 Å². The number of hydrogen-bond donors (Lipinski definition) is 1. The molecular formula is C17H14ClNO4S3. The van der Waals surface area contributed by atoms with Crippen molar-refractivity contribution in [2.75, 3.05) is 18.1 Å². The van der Waals surface area contributed by atoms with Crippen molar-refractivity contribution in [3.63, 3.8) is 0 Å². The van der Waals surface area contributed by atoms with Gasteiger partial charge in [-0.25, -0.2) is 13.2 Å². The van der Waals surface area contributed by atoms with Crippen LogP contribution in [0.25, 0.3) is 10.1 Å². The third-order valence-electron chi connectivity index (χ3n) is 3.57. The fraction of sp³-hybridized carbons (Fsp3) is 0.118. The Morgan fingerprint density at radius 3 is 2.65 bits per heavy atom. The molecule has 2 aromatic carbocycles. The summed E-state index contributed by atoms with van der Waals surface area (Å²) in [4.78, 5) is 12.8. The summed E-state index contributed by atoms with van der Waals surface area (Å²) in [6, 6.07) is 11.5. The molecule has 5 nitrogen and oxygen atoms in total. The van der Waals surface area contributed by atoms with E-state index in [1.807, 2.05) is 0 Å². The molecule has 0 fully saturated rings. The van der Waals surface area contributed by atoms with Crippen LogP contribution in [0.3, 0.4) is 0 Å². The number of ether oxygens (including phenoxy) is 1. The second-order valence-electron chi connectivity index (χ2n) is 5.26. The predicted molar refractivity (Wildman–Crippen MR) is 107 cm³/mol. The van der Waals surface area contributed by atoms with Crippen molar-refractivity contribution in [3.8, 4) is 0 Å². The van der Waals surface area contributed by atoms with E-state index < -0.39 is 16.0 Å². The van der Waals surface area contributed by atoms with Crippen LogP contribution in [0.4, 0.5) is 5.69 Å². The minimum absolute atomic E-state index is 0.123. The lowest BCUT2D eigenvalue weighted by Crippen LogP contribution is -2.13. The van der Waals surface area contributed by atoms with Crippen LogP contribution < -0.4 is 4.72 Å². The number of rotatable bonds is 5. The summed E-state index contributed by atoms with van der Waals surface area (Å²) >= 11 is 8.58. The summed E-state index contributed by atoms with van der Waals surface area (Å²) < 4.78 is 33.7. The Morgan fingerprint density at radius 2 is 1.96 bits per heavy atom. The summed E-state index contributed by atoms with van der Waals surface area (Å²) in [5.41, 5.74) is 0.402. The SMILES string of the molecule is COC(=O)c1cc2cc(NS(=O)(=O)c3cc(Cl)ccc3SC)ccc2s1. The zero-order valence-corrected chi connectivity index (χ0v) is 17.0. The first-order valence-electron chi connectivity index (χ1n) is 7.32. The highest BCUT2D eigenvalue weighted by molar-refractivity contribution is 7.99. The number of thioether (sulfide) groups is 1. The van der Waals surface area contributed by atoms with E-state index in [4.69, 9.17) is 16.3 Å². The maximum absolute atomic E-state index is 12.8. The van der Waals surface area contributed by atoms with E-state index in [2.05, 4.69) is 4.72 Å². The quantitative estimate of drug-likeness (QED) is 0.464. The van der Waals surface area contributed by atoms with Gasteiger partial charge in [0.25, 0.3) is 10.0 Å². The molecular weight excluding hydrogens is 414 g/mol. The molecule has 0 saturated heterocycles. The average Bonchev–Trinajstić information content (AvgIpc) is 3.04. The van der Waals surface area contributed by atoms with Crippen LogP contribution in [-0.2, 0) is 14.8 Å². The van der Waals surface area contributed by atoms with Gasteiger partial charge < -0.3 is 4.74 Å². The van der Waals surface area contributed by atoms with E-state index in [-0.39, 0.29) is 4.90 Å². The van der Waals surface area contributed by atoms with Gasteiger partial charge in [0, 0.05) is 20.3 Å². The third-order valence-corrected chi connectivity index (χ3v) is 7.25. The zero-order chi connectivity index (χ0) is 18.9. The highest BCUT2D eigenvalue weighted by Crippen LogP contribution is 2.32. The molecule has 0 aliphatic heterocycles. The number of carbonyl (C=O) groups is 1. The van der Waals surface area contributed by atoms with Crippen molar-refractivity contribution in [2.45, 2.75) is 9.79 Å². The molecule has 0 spiro atoms. The molecule has 26 heavy (non-hydrogen) atoms. The molecule has 0 unspecified atom stereocenters. The summed E-state index contributed by atoms with van der Waals surface area (Å²) in [6.45, 7) is 0. The number of nitrogens with one attached hydrogen (secondary N) is 1. The van der Waals surface area contributed by atoms with E-state index in [0.717, 1.165) is 10.1 Å². The first kappa shape index (κ1) is 19.0. The van der Waals surface area contributed by atoms with Crippen molar-refractivity contribution in [2.24, 2.45) is 0 Å². The maximum Gasteiger partial charge on any atom is 0.348 e. The minimum atomic E-state index is -3.80. The smallest absolute Gasteiger partial charge is 0.348 e. The molecule has 0 aliphatic carbocycles. The van der Waals surface area contributed by atoms with Crippen LogP contribution in [0.1, 0.15) is 9.67 Å². The third kappa shape index (κ3) is 3.83. The van der Waals surface area contributed by atoms with Crippen LogP contribution in [-0.4, -0.2) is 27.8 Å². The molecule has 136 valence electrons. The average molecular weight is 428 g/mol. The zero-order valence-electron chi connectivity index (χ0n) is 13.8.